The Morgan fingerprint density at radius 1 is 1.45 bits per heavy atom. The quantitative estimate of drug-likeness (QED) is 0.916. The lowest BCUT2D eigenvalue weighted by molar-refractivity contribution is 0.185. The first-order chi connectivity index (χ1) is 9.44. The summed E-state index contributed by atoms with van der Waals surface area (Å²) in [6.07, 6.45) is 1.35. The standard InChI is InChI=1S/C12H14ClN3O3S/c1-16-8-14-12(11(16)13)20(17,18)15-10-5-3-4-9(6-10)7-19-2/h3-6,8,15H,7H2,1-2H3. The van der Waals surface area contributed by atoms with Crippen molar-refractivity contribution in [1.29, 1.82) is 0 Å². The van der Waals surface area contributed by atoms with Crippen molar-refractivity contribution in [3.8, 4) is 0 Å². The highest BCUT2D eigenvalue weighted by Gasteiger charge is 2.22. The zero-order valence-electron chi connectivity index (χ0n) is 11.0. The average molecular weight is 316 g/mol. The van der Waals surface area contributed by atoms with Crippen LogP contribution in [-0.4, -0.2) is 25.1 Å². The minimum atomic E-state index is -3.81. The summed E-state index contributed by atoms with van der Waals surface area (Å²) in [7, 11) is -0.617. The van der Waals surface area contributed by atoms with Crippen molar-refractivity contribution in [2.45, 2.75) is 11.6 Å². The lowest BCUT2D eigenvalue weighted by Crippen LogP contribution is -2.14. The molecule has 0 atom stereocenters. The molecule has 0 aliphatic heterocycles. The van der Waals surface area contributed by atoms with Gasteiger partial charge in [-0.2, -0.15) is 8.42 Å². The van der Waals surface area contributed by atoms with E-state index in [1.807, 2.05) is 6.07 Å². The number of rotatable bonds is 5. The highest BCUT2D eigenvalue weighted by atomic mass is 35.5. The van der Waals surface area contributed by atoms with Crippen LogP contribution in [0.4, 0.5) is 5.69 Å². The number of nitrogens with zero attached hydrogens (tertiary/aromatic N) is 2. The maximum atomic E-state index is 12.2. The van der Waals surface area contributed by atoms with Gasteiger partial charge in [-0.3, -0.25) is 4.72 Å². The Morgan fingerprint density at radius 3 is 2.80 bits per heavy atom. The second kappa shape index (κ2) is 5.82. The first-order valence-electron chi connectivity index (χ1n) is 5.71. The first-order valence-corrected chi connectivity index (χ1v) is 7.57. The molecule has 6 nitrogen and oxygen atoms in total. The van der Waals surface area contributed by atoms with Gasteiger partial charge in [0.05, 0.1) is 12.9 Å². The number of benzene rings is 1. The van der Waals surface area contributed by atoms with Crippen LogP contribution in [0.5, 0.6) is 0 Å². The van der Waals surface area contributed by atoms with Crippen LogP contribution in [-0.2, 0) is 28.4 Å². The van der Waals surface area contributed by atoms with Gasteiger partial charge in [-0.25, -0.2) is 4.98 Å². The summed E-state index contributed by atoms with van der Waals surface area (Å²) in [5, 5.41) is -0.135. The largest absolute Gasteiger partial charge is 0.380 e. The molecule has 1 aromatic heterocycles. The number of nitrogens with one attached hydrogen (secondary N) is 1. The van der Waals surface area contributed by atoms with Gasteiger partial charge in [0, 0.05) is 19.8 Å². The Labute approximate surface area is 122 Å². The van der Waals surface area contributed by atoms with Gasteiger partial charge in [-0.1, -0.05) is 23.7 Å². The lowest BCUT2D eigenvalue weighted by atomic mass is 10.2. The van der Waals surface area contributed by atoms with Crippen LogP contribution in [0, 0.1) is 0 Å². The molecule has 0 saturated carbocycles. The molecular formula is C12H14ClN3O3S. The van der Waals surface area contributed by atoms with E-state index in [4.69, 9.17) is 16.3 Å². The predicted molar refractivity (Wildman–Crippen MR) is 76.2 cm³/mol. The highest BCUT2D eigenvalue weighted by Crippen LogP contribution is 2.22. The zero-order valence-corrected chi connectivity index (χ0v) is 12.6. The number of methoxy groups -OCH3 is 1. The van der Waals surface area contributed by atoms with E-state index in [1.165, 1.54) is 10.9 Å². The number of aryl methyl sites for hydroxylation is 1. The molecule has 0 bridgehead atoms. The monoisotopic (exact) mass is 315 g/mol. The lowest BCUT2D eigenvalue weighted by Gasteiger charge is -2.08. The maximum absolute atomic E-state index is 12.2. The molecule has 8 heteroatoms. The number of anilines is 1. The van der Waals surface area contributed by atoms with Crippen LogP contribution in [0.2, 0.25) is 5.15 Å². The molecule has 1 aromatic carbocycles. The van der Waals surface area contributed by atoms with Crippen LogP contribution in [0.1, 0.15) is 5.56 Å². The SMILES string of the molecule is COCc1cccc(NS(=O)(=O)c2ncn(C)c2Cl)c1. The van der Waals surface area contributed by atoms with Crippen molar-refractivity contribution < 1.29 is 13.2 Å². The third kappa shape index (κ3) is 3.12. The average Bonchev–Trinajstić information content (AvgIpc) is 2.71. The van der Waals surface area contributed by atoms with Gasteiger partial charge in [0.25, 0.3) is 10.0 Å². The molecule has 0 radical (unpaired) electrons. The molecule has 0 spiro atoms. The molecule has 20 heavy (non-hydrogen) atoms. The summed E-state index contributed by atoms with van der Waals surface area (Å²) < 4.78 is 33.3. The minimum absolute atomic E-state index is 0.0607. The number of hydrogen-bond donors (Lipinski definition) is 1. The van der Waals surface area contributed by atoms with E-state index < -0.39 is 10.0 Å². The summed E-state index contributed by atoms with van der Waals surface area (Å²) in [5.41, 5.74) is 1.29. The fourth-order valence-electron chi connectivity index (χ4n) is 1.67. The minimum Gasteiger partial charge on any atom is -0.380 e. The van der Waals surface area contributed by atoms with E-state index >= 15 is 0 Å². The summed E-state index contributed by atoms with van der Waals surface area (Å²) in [4.78, 5) is 3.80. The van der Waals surface area contributed by atoms with Crippen molar-refractivity contribution in [3.05, 3.63) is 41.3 Å². The number of aromatic nitrogens is 2. The van der Waals surface area contributed by atoms with Crippen LogP contribution >= 0.6 is 11.6 Å². The van der Waals surface area contributed by atoms with E-state index in [0.29, 0.717) is 12.3 Å². The number of hydrogen-bond acceptors (Lipinski definition) is 4. The first kappa shape index (κ1) is 14.8. The van der Waals surface area contributed by atoms with Crippen LogP contribution in [0.3, 0.4) is 0 Å². The van der Waals surface area contributed by atoms with Gasteiger partial charge in [-0.05, 0) is 17.7 Å². The third-order valence-electron chi connectivity index (χ3n) is 2.58. The molecule has 0 fully saturated rings. The van der Waals surface area contributed by atoms with Crippen molar-refractivity contribution in [3.63, 3.8) is 0 Å². The second-order valence-corrected chi connectivity index (χ2v) is 6.15. The third-order valence-corrected chi connectivity index (χ3v) is 4.45. The second-order valence-electron chi connectivity index (χ2n) is 4.19. The van der Waals surface area contributed by atoms with E-state index in [0.717, 1.165) is 5.56 Å². The molecule has 2 rings (SSSR count). The van der Waals surface area contributed by atoms with Gasteiger partial charge in [0.1, 0.15) is 5.15 Å². The zero-order chi connectivity index (χ0) is 14.8. The summed E-state index contributed by atoms with van der Waals surface area (Å²) in [6.45, 7) is 0.403. The fourth-order valence-corrected chi connectivity index (χ4v) is 3.15. The van der Waals surface area contributed by atoms with Gasteiger partial charge in [0.2, 0.25) is 5.03 Å². The Balaban J connectivity index is 2.29. The number of imidazole rings is 1. The molecule has 1 heterocycles. The van der Waals surface area contributed by atoms with E-state index in [-0.39, 0.29) is 10.2 Å². The van der Waals surface area contributed by atoms with Crippen LogP contribution in [0.15, 0.2) is 35.6 Å². The smallest absolute Gasteiger partial charge is 0.282 e. The predicted octanol–water partition coefficient (Wildman–Crippen LogP) is 2.02. The molecule has 1 N–H and O–H groups in total. The van der Waals surface area contributed by atoms with Gasteiger partial charge >= 0.3 is 0 Å². The van der Waals surface area contributed by atoms with E-state index in [9.17, 15) is 8.42 Å². The normalized spacial score (nSPS) is 11.6. The summed E-state index contributed by atoms with van der Waals surface area (Å²) >= 11 is 5.90. The highest BCUT2D eigenvalue weighted by molar-refractivity contribution is 7.92. The topological polar surface area (TPSA) is 73.2 Å². The number of halogens is 1. The van der Waals surface area contributed by atoms with Crippen molar-refractivity contribution in [2.75, 3.05) is 11.8 Å². The summed E-state index contributed by atoms with van der Waals surface area (Å²) in [6, 6.07) is 6.92. The van der Waals surface area contributed by atoms with Gasteiger partial charge in [0.15, 0.2) is 0 Å². The van der Waals surface area contributed by atoms with Crippen LogP contribution in [0.25, 0.3) is 0 Å². The molecular weight excluding hydrogens is 302 g/mol. The fraction of sp³-hybridized carbons (Fsp3) is 0.250. The van der Waals surface area contributed by atoms with E-state index in [1.54, 1.807) is 32.4 Å². The van der Waals surface area contributed by atoms with Crippen LogP contribution < -0.4 is 4.72 Å². The molecule has 2 aromatic rings. The molecule has 108 valence electrons. The Kier molecular flexibility index (Phi) is 4.32. The van der Waals surface area contributed by atoms with Crippen molar-refractivity contribution in [1.82, 2.24) is 9.55 Å². The van der Waals surface area contributed by atoms with Gasteiger partial charge in [-0.15, -0.1) is 0 Å². The maximum Gasteiger partial charge on any atom is 0.282 e. The molecule has 0 saturated heterocycles. The molecule has 0 aliphatic rings. The van der Waals surface area contributed by atoms with Crippen molar-refractivity contribution in [2.24, 2.45) is 7.05 Å². The Hall–Kier alpha value is -1.57. The molecule has 0 aliphatic carbocycles. The number of sulfonamides is 1. The molecule has 0 unspecified atom stereocenters. The van der Waals surface area contributed by atoms with Crippen molar-refractivity contribution >= 4 is 27.3 Å². The van der Waals surface area contributed by atoms with E-state index in [2.05, 4.69) is 9.71 Å². The summed E-state index contributed by atoms with van der Waals surface area (Å²) in [5.74, 6) is 0. The van der Waals surface area contributed by atoms with Gasteiger partial charge < -0.3 is 9.30 Å². The Morgan fingerprint density at radius 2 is 2.20 bits per heavy atom. The molecule has 0 amide bonds. The number of ether oxygens (including phenoxy) is 1. The Bertz CT molecular complexity index is 712.